The predicted octanol–water partition coefficient (Wildman–Crippen LogP) is 3.20. The summed E-state index contributed by atoms with van der Waals surface area (Å²) in [6, 6.07) is 17.1. The summed E-state index contributed by atoms with van der Waals surface area (Å²) in [6.07, 6.45) is 1.99. The van der Waals surface area contributed by atoms with Crippen LogP contribution < -0.4 is 10.6 Å². The fourth-order valence-electron chi connectivity index (χ4n) is 2.98. The SMILES string of the molecule is CSc1ccccc1NC(=O)N1CCN(CC(=O)Nc2ccccc2)CC1. The maximum Gasteiger partial charge on any atom is 0.321 e. The summed E-state index contributed by atoms with van der Waals surface area (Å²) >= 11 is 1.61. The van der Waals surface area contributed by atoms with E-state index in [1.165, 1.54) is 0 Å². The van der Waals surface area contributed by atoms with Crippen LogP contribution in [0.4, 0.5) is 16.2 Å². The lowest BCUT2D eigenvalue weighted by atomic mass is 10.3. The van der Waals surface area contributed by atoms with Gasteiger partial charge in [-0.3, -0.25) is 9.69 Å². The van der Waals surface area contributed by atoms with E-state index < -0.39 is 0 Å². The average molecular weight is 385 g/mol. The van der Waals surface area contributed by atoms with Crippen molar-refractivity contribution in [2.24, 2.45) is 0 Å². The summed E-state index contributed by atoms with van der Waals surface area (Å²) in [4.78, 5) is 29.6. The molecule has 1 heterocycles. The monoisotopic (exact) mass is 384 g/mol. The highest BCUT2D eigenvalue weighted by Crippen LogP contribution is 2.24. The molecule has 0 aliphatic carbocycles. The third-order valence-electron chi connectivity index (χ3n) is 4.43. The Labute approximate surface area is 163 Å². The molecule has 1 aliphatic rings. The molecule has 1 fully saturated rings. The number of carbonyl (C=O) groups is 2. The molecule has 3 amide bonds. The number of urea groups is 1. The molecule has 6 nitrogen and oxygen atoms in total. The van der Waals surface area contributed by atoms with Crippen LogP contribution >= 0.6 is 11.8 Å². The topological polar surface area (TPSA) is 64.7 Å². The second kappa shape index (κ2) is 9.43. The summed E-state index contributed by atoms with van der Waals surface area (Å²) in [5.41, 5.74) is 1.63. The van der Waals surface area contributed by atoms with Gasteiger partial charge in [0.25, 0.3) is 0 Å². The number of hydrogen-bond donors (Lipinski definition) is 2. The van der Waals surface area contributed by atoms with Gasteiger partial charge in [-0.2, -0.15) is 0 Å². The fourth-order valence-corrected chi connectivity index (χ4v) is 3.53. The Hall–Kier alpha value is -2.51. The van der Waals surface area contributed by atoms with Crippen LogP contribution in [0, 0.1) is 0 Å². The molecular formula is C20H24N4O2S. The zero-order valence-electron chi connectivity index (χ0n) is 15.4. The quantitative estimate of drug-likeness (QED) is 0.777. The van der Waals surface area contributed by atoms with Crippen LogP contribution in [0.1, 0.15) is 0 Å². The normalized spacial score (nSPS) is 14.6. The Kier molecular flexibility index (Phi) is 6.73. The first-order valence-electron chi connectivity index (χ1n) is 8.92. The molecule has 1 aliphatic heterocycles. The first kappa shape index (κ1) is 19.3. The van der Waals surface area contributed by atoms with Crippen molar-refractivity contribution in [2.75, 3.05) is 49.6 Å². The maximum atomic E-state index is 12.5. The maximum absolute atomic E-state index is 12.5. The second-order valence-corrected chi connectivity index (χ2v) is 7.16. The number of carbonyl (C=O) groups excluding carboxylic acids is 2. The number of rotatable bonds is 5. The van der Waals surface area contributed by atoms with Crippen LogP contribution in [-0.2, 0) is 4.79 Å². The van der Waals surface area contributed by atoms with E-state index in [4.69, 9.17) is 0 Å². The first-order chi connectivity index (χ1) is 13.2. The molecule has 142 valence electrons. The molecule has 0 unspecified atom stereocenters. The summed E-state index contributed by atoms with van der Waals surface area (Å²) < 4.78 is 0. The lowest BCUT2D eigenvalue weighted by Crippen LogP contribution is -2.51. The molecule has 1 saturated heterocycles. The van der Waals surface area contributed by atoms with Crippen molar-refractivity contribution in [3.05, 3.63) is 54.6 Å². The Bertz CT molecular complexity index is 777. The largest absolute Gasteiger partial charge is 0.325 e. The molecule has 7 heteroatoms. The van der Waals surface area contributed by atoms with E-state index in [0.29, 0.717) is 32.7 Å². The summed E-state index contributed by atoms with van der Waals surface area (Å²) in [5.74, 6) is -0.0343. The number of benzene rings is 2. The van der Waals surface area contributed by atoms with Gasteiger partial charge in [0.1, 0.15) is 0 Å². The highest BCUT2D eigenvalue weighted by molar-refractivity contribution is 7.98. The number of amides is 3. The van der Waals surface area contributed by atoms with E-state index in [0.717, 1.165) is 16.3 Å². The zero-order valence-corrected chi connectivity index (χ0v) is 16.2. The minimum absolute atomic E-state index is 0.0343. The van der Waals surface area contributed by atoms with Gasteiger partial charge >= 0.3 is 6.03 Å². The van der Waals surface area contributed by atoms with Crippen LogP contribution in [0.5, 0.6) is 0 Å². The molecule has 2 N–H and O–H groups in total. The van der Waals surface area contributed by atoms with Crippen molar-refractivity contribution < 1.29 is 9.59 Å². The van der Waals surface area contributed by atoms with E-state index in [2.05, 4.69) is 15.5 Å². The molecular weight excluding hydrogens is 360 g/mol. The van der Waals surface area contributed by atoms with Gasteiger partial charge in [-0.1, -0.05) is 30.3 Å². The second-order valence-electron chi connectivity index (χ2n) is 6.31. The Morgan fingerprint density at radius 3 is 2.30 bits per heavy atom. The Morgan fingerprint density at radius 1 is 0.926 bits per heavy atom. The molecule has 27 heavy (non-hydrogen) atoms. The van der Waals surface area contributed by atoms with E-state index in [1.54, 1.807) is 16.7 Å². The van der Waals surface area contributed by atoms with Gasteiger partial charge < -0.3 is 15.5 Å². The molecule has 0 radical (unpaired) electrons. The summed E-state index contributed by atoms with van der Waals surface area (Å²) in [5, 5.41) is 5.88. The van der Waals surface area contributed by atoms with Gasteiger partial charge in [0.2, 0.25) is 5.91 Å². The number of thioether (sulfide) groups is 1. The number of nitrogens with one attached hydrogen (secondary N) is 2. The fraction of sp³-hybridized carbons (Fsp3) is 0.300. The van der Waals surface area contributed by atoms with E-state index in [1.807, 2.05) is 60.9 Å². The molecule has 0 aromatic heterocycles. The number of nitrogens with zero attached hydrogens (tertiary/aromatic N) is 2. The Balaban J connectivity index is 1.45. The number of hydrogen-bond acceptors (Lipinski definition) is 4. The first-order valence-corrected chi connectivity index (χ1v) is 10.1. The third-order valence-corrected chi connectivity index (χ3v) is 5.23. The van der Waals surface area contributed by atoms with E-state index in [-0.39, 0.29) is 11.9 Å². The van der Waals surface area contributed by atoms with Crippen molar-refractivity contribution >= 4 is 35.1 Å². The minimum Gasteiger partial charge on any atom is -0.325 e. The molecule has 0 saturated carbocycles. The van der Waals surface area contributed by atoms with Crippen LogP contribution in [-0.4, -0.2) is 60.7 Å². The molecule has 0 spiro atoms. The van der Waals surface area contributed by atoms with Gasteiger partial charge in [-0.25, -0.2) is 4.79 Å². The van der Waals surface area contributed by atoms with Crippen LogP contribution in [0.3, 0.4) is 0 Å². The molecule has 0 atom stereocenters. The standard InChI is InChI=1S/C20H24N4O2S/c1-27-18-10-6-5-9-17(18)22-20(26)24-13-11-23(12-14-24)15-19(25)21-16-7-3-2-4-8-16/h2-10H,11-15H2,1H3,(H,21,25)(H,22,26). The van der Waals surface area contributed by atoms with Gasteiger partial charge in [0.15, 0.2) is 0 Å². The summed E-state index contributed by atoms with van der Waals surface area (Å²) in [6.45, 7) is 2.90. The average Bonchev–Trinajstić information content (AvgIpc) is 2.69. The highest BCUT2D eigenvalue weighted by Gasteiger charge is 2.22. The lowest BCUT2D eigenvalue weighted by molar-refractivity contribution is -0.117. The molecule has 2 aromatic rings. The third kappa shape index (κ3) is 5.48. The minimum atomic E-state index is -0.0927. The Morgan fingerprint density at radius 2 is 1.59 bits per heavy atom. The smallest absolute Gasteiger partial charge is 0.321 e. The van der Waals surface area contributed by atoms with Gasteiger partial charge in [0.05, 0.1) is 12.2 Å². The van der Waals surface area contributed by atoms with Crippen LogP contribution in [0.2, 0.25) is 0 Å². The zero-order chi connectivity index (χ0) is 19.1. The predicted molar refractivity (Wildman–Crippen MR) is 110 cm³/mol. The van der Waals surface area contributed by atoms with Gasteiger partial charge in [-0.15, -0.1) is 11.8 Å². The van der Waals surface area contributed by atoms with Gasteiger partial charge in [0, 0.05) is 36.8 Å². The number of para-hydroxylation sites is 2. The van der Waals surface area contributed by atoms with Crippen LogP contribution in [0.25, 0.3) is 0 Å². The number of anilines is 2. The van der Waals surface area contributed by atoms with E-state index >= 15 is 0 Å². The van der Waals surface area contributed by atoms with Crippen molar-refractivity contribution in [3.8, 4) is 0 Å². The van der Waals surface area contributed by atoms with Crippen molar-refractivity contribution in [2.45, 2.75) is 4.90 Å². The molecule has 0 bridgehead atoms. The number of piperazine rings is 1. The van der Waals surface area contributed by atoms with Crippen molar-refractivity contribution in [1.29, 1.82) is 0 Å². The van der Waals surface area contributed by atoms with Crippen LogP contribution in [0.15, 0.2) is 59.5 Å². The molecule has 3 rings (SSSR count). The summed E-state index contributed by atoms with van der Waals surface area (Å²) in [7, 11) is 0. The van der Waals surface area contributed by atoms with Gasteiger partial charge in [-0.05, 0) is 30.5 Å². The molecule has 2 aromatic carbocycles. The van der Waals surface area contributed by atoms with Crippen molar-refractivity contribution in [3.63, 3.8) is 0 Å². The highest BCUT2D eigenvalue weighted by atomic mass is 32.2. The van der Waals surface area contributed by atoms with Crippen molar-refractivity contribution in [1.82, 2.24) is 9.80 Å². The lowest BCUT2D eigenvalue weighted by Gasteiger charge is -2.34. The van der Waals surface area contributed by atoms with E-state index in [9.17, 15) is 9.59 Å².